The Labute approximate surface area is 156 Å². The molecule has 142 valence electrons. The SMILES string of the molecule is Cc1cc(C(=O)NCC(C)C)ccc1NCC(=O)N[C@@](C)(C#N)C(C)C. The van der Waals surface area contributed by atoms with Crippen LogP contribution in [0.4, 0.5) is 5.69 Å². The van der Waals surface area contributed by atoms with Crippen LogP contribution in [0.3, 0.4) is 0 Å². The summed E-state index contributed by atoms with van der Waals surface area (Å²) in [4.78, 5) is 24.2. The number of anilines is 1. The van der Waals surface area contributed by atoms with E-state index in [1.165, 1.54) is 0 Å². The zero-order valence-electron chi connectivity index (χ0n) is 16.6. The van der Waals surface area contributed by atoms with Gasteiger partial charge < -0.3 is 16.0 Å². The van der Waals surface area contributed by atoms with Crippen molar-refractivity contribution in [3.8, 4) is 6.07 Å². The van der Waals surface area contributed by atoms with Crippen LogP contribution < -0.4 is 16.0 Å². The van der Waals surface area contributed by atoms with Crippen molar-refractivity contribution in [2.45, 2.75) is 47.1 Å². The number of hydrogen-bond acceptors (Lipinski definition) is 4. The van der Waals surface area contributed by atoms with Gasteiger partial charge in [-0.25, -0.2) is 0 Å². The standard InChI is InChI=1S/C20H30N4O2/c1-13(2)10-23-19(26)16-7-8-17(15(5)9-16)22-11-18(25)24-20(6,12-21)14(3)4/h7-9,13-14,22H,10-11H2,1-6H3,(H,23,26)(H,24,25)/t20-/m0/s1. The molecule has 0 bridgehead atoms. The summed E-state index contributed by atoms with van der Waals surface area (Å²) in [5.74, 6) is 0.0416. The van der Waals surface area contributed by atoms with E-state index in [-0.39, 0.29) is 24.3 Å². The van der Waals surface area contributed by atoms with Crippen LogP contribution in [-0.4, -0.2) is 30.4 Å². The Balaban J connectivity index is 2.68. The Bertz CT molecular complexity index is 692. The van der Waals surface area contributed by atoms with Gasteiger partial charge in [-0.2, -0.15) is 5.26 Å². The third-order valence-electron chi connectivity index (χ3n) is 4.38. The van der Waals surface area contributed by atoms with Gasteiger partial charge in [-0.15, -0.1) is 0 Å². The maximum absolute atomic E-state index is 12.1. The fourth-order valence-corrected chi connectivity index (χ4v) is 2.21. The van der Waals surface area contributed by atoms with E-state index in [0.717, 1.165) is 11.3 Å². The van der Waals surface area contributed by atoms with Crippen molar-refractivity contribution < 1.29 is 9.59 Å². The van der Waals surface area contributed by atoms with E-state index in [4.69, 9.17) is 0 Å². The summed E-state index contributed by atoms with van der Waals surface area (Å²) in [7, 11) is 0. The molecule has 2 amide bonds. The highest BCUT2D eigenvalue weighted by Crippen LogP contribution is 2.17. The van der Waals surface area contributed by atoms with Crippen molar-refractivity contribution in [2.75, 3.05) is 18.4 Å². The first-order valence-electron chi connectivity index (χ1n) is 8.94. The number of benzene rings is 1. The largest absolute Gasteiger partial charge is 0.376 e. The van der Waals surface area contributed by atoms with Gasteiger partial charge in [0, 0.05) is 17.8 Å². The Morgan fingerprint density at radius 2 is 1.88 bits per heavy atom. The van der Waals surface area contributed by atoms with Gasteiger partial charge in [-0.3, -0.25) is 9.59 Å². The zero-order chi connectivity index (χ0) is 19.9. The molecule has 0 aliphatic carbocycles. The summed E-state index contributed by atoms with van der Waals surface area (Å²) in [5.41, 5.74) is 1.35. The number of carbonyl (C=O) groups excluding carboxylic acids is 2. The van der Waals surface area contributed by atoms with Gasteiger partial charge >= 0.3 is 0 Å². The molecule has 1 aromatic rings. The third-order valence-corrected chi connectivity index (χ3v) is 4.38. The summed E-state index contributed by atoms with van der Waals surface area (Å²) in [6.45, 7) is 12.2. The molecule has 0 aromatic heterocycles. The second-order valence-electron chi connectivity index (χ2n) is 7.50. The number of carbonyl (C=O) groups is 2. The van der Waals surface area contributed by atoms with Crippen molar-refractivity contribution >= 4 is 17.5 Å². The number of hydrogen-bond donors (Lipinski definition) is 3. The van der Waals surface area contributed by atoms with E-state index in [1.807, 2.05) is 34.6 Å². The minimum Gasteiger partial charge on any atom is -0.376 e. The second kappa shape index (κ2) is 9.23. The van der Waals surface area contributed by atoms with Gasteiger partial charge in [0.25, 0.3) is 5.91 Å². The maximum atomic E-state index is 12.1. The maximum Gasteiger partial charge on any atom is 0.251 e. The van der Waals surface area contributed by atoms with E-state index in [0.29, 0.717) is 18.0 Å². The molecular formula is C20H30N4O2. The summed E-state index contributed by atoms with van der Waals surface area (Å²) in [5, 5.41) is 18.0. The van der Waals surface area contributed by atoms with Gasteiger partial charge in [0.05, 0.1) is 12.6 Å². The molecule has 6 heteroatoms. The fraction of sp³-hybridized carbons (Fsp3) is 0.550. The molecule has 0 saturated carbocycles. The summed E-state index contributed by atoms with van der Waals surface area (Å²) < 4.78 is 0. The lowest BCUT2D eigenvalue weighted by molar-refractivity contribution is -0.121. The van der Waals surface area contributed by atoms with Crippen molar-refractivity contribution in [1.82, 2.24) is 10.6 Å². The lowest BCUT2D eigenvalue weighted by Gasteiger charge is -2.27. The fourth-order valence-electron chi connectivity index (χ4n) is 2.21. The molecule has 0 radical (unpaired) electrons. The van der Waals surface area contributed by atoms with Crippen LogP contribution in [0.1, 0.15) is 50.5 Å². The molecule has 0 fully saturated rings. The molecule has 1 aromatic carbocycles. The Morgan fingerprint density at radius 1 is 1.23 bits per heavy atom. The lowest BCUT2D eigenvalue weighted by atomic mass is 9.90. The number of nitrogens with zero attached hydrogens (tertiary/aromatic N) is 1. The van der Waals surface area contributed by atoms with Crippen LogP contribution >= 0.6 is 0 Å². The number of amides is 2. The highest BCUT2D eigenvalue weighted by molar-refractivity contribution is 5.95. The number of rotatable bonds is 8. The van der Waals surface area contributed by atoms with Crippen molar-refractivity contribution in [1.29, 1.82) is 5.26 Å². The minimum atomic E-state index is -0.897. The van der Waals surface area contributed by atoms with Gasteiger partial charge in [0.2, 0.25) is 5.91 Å². The molecule has 0 spiro atoms. The van der Waals surface area contributed by atoms with Crippen LogP contribution in [0.2, 0.25) is 0 Å². The first-order valence-corrected chi connectivity index (χ1v) is 8.94. The highest BCUT2D eigenvalue weighted by Gasteiger charge is 2.29. The second-order valence-corrected chi connectivity index (χ2v) is 7.50. The molecule has 6 nitrogen and oxygen atoms in total. The van der Waals surface area contributed by atoms with Gasteiger partial charge in [0.15, 0.2) is 0 Å². The van der Waals surface area contributed by atoms with Crippen LogP contribution in [-0.2, 0) is 4.79 Å². The predicted molar refractivity (Wildman–Crippen MR) is 104 cm³/mol. The number of nitrogens with one attached hydrogen (secondary N) is 3. The average Bonchev–Trinajstić information content (AvgIpc) is 2.58. The number of aryl methyl sites for hydroxylation is 1. The zero-order valence-corrected chi connectivity index (χ0v) is 16.6. The summed E-state index contributed by atoms with van der Waals surface area (Å²) in [6, 6.07) is 7.47. The molecule has 26 heavy (non-hydrogen) atoms. The van der Waals surface area contributed by atoms with E-state index in [2.05, 4.69) is 22.0 Å². The van der Waals surface area contributed by atoms with E-state index >= 15 is 0 Å². The molecule has 0 saturated heterocycles. The first kappa shape index (κ1) is 21.5. The van der Waals surface area contributed by atoms with Crippen LogP contribution in [0.25, 0.3) is 0 Å². The topological polar surface area (TPSA) is 94.0 Å². The average molecular weight is 358 g/mol. The van der Waals surface area contributed by atoms with Crippen LogP contribution in [0.5, 0.6) is 0 Å². The lowest BCUT2D eigenvalue weighted by Crippen LogP contribution is -2.50. The van der Waals surface area contributed by atoms with Crippen molar-refractivity contribution in [3.63, 3.8) is 0 Å². The molecule has 3 N–H and O–H groups in total. The Hall–Kier alpha value is -2.55. The monoisotopic (exact) mass is 358 g/mol. The normalized spacial score (nSPS) is 13.0. The number of nitriles is 1. The molecule has 0 aliphatic heterocycles. The molecule has 0 unspecified atom stereocenters. The smallest absolute Gasteiger partial charge is 0.251 e. The van der Waals surface area contributed by atoms with E-state index in [9.17, 15) is 14.9 Å². The molecule has 0 heterocycles. The van der Waals surface area contributed by atoms with Crippen molar-refractivity contribution in [3.05, 3.63) is 29.3 Å². The van der Waals surface area contributed by atoms with Crippen LogP contribution in [0, 0.1) is 30.1 Å². The van der Waals surface area contributed by atoms with Gasteiger partial charge in [-0.1, -0.05) is 27.7 Å². The van der Waals surface area contributed by atoms with Crippen molar-refractivity contribution in [2.24, 2.45) is 11.8 Å². The van der Waals surface area contributed by atoms with Gasteiger partial charge in [-0.05, 0) is 49.4 Å². The summed E-state index contributed by atoms with van der Waals surface area (Å²) in [6.07, 6.45) is 0. The highest BCUT2D eigenvalue weighted by atomic mass is 16.2. The van der Waals surface area contributed by atoms with Crippen LogP contribution in [0.15, 0.2) is 18.2 Å². The predicted octanol–water partition coefficient (Wildman–Crippen LogP) is 2.85. The first-order chi connectivity index (χ1) is 12.1. The Morgan fingerprint density at radius 3 is 2.38 bits per heavy atom. The third kappa shape index (κ3) is 6.07. The molecular weight excluding hydrogens is 328 g/mol. The molecule has 1 rings (SSSR count). The molecule has 1 atom stereocenters. The Kier molecular flexibility index (Phi) is 7.63. The minimum absolute atomic E-state index is 0.00169. The van der Waals surface area contributed by atoms with E-state index < -0.39 is 5.54 Å². The summed E-state index contributed by atoms with van der Waals surface area (Å²) >= 11 is 0. The molecule has 0 aliphatic rings. The van der Waals surface area contributed by atoms with E-state index in [1.54, 1.807) is 25.1 Å². The quantitative estimate of drug-likeness (QED) is 0.666. The van der Waals surface area contributed by atoms with Gasteiger partial charge in [0.1, 0.15) is 5.54 Å².